The summed E-state index contributed by atoms with van der Waals surface area (Å²) in [5, 5.41) is 3.47. The number of carbonyl (C=O) groups is 1. The summed E-state index contributed by atoms with van der Waals surface area (Å²) < 4.78 is 32.3. The molecule has 0 radical (unpaired) electrons. The molecular formula is C20H25ClN2O4S. The van der Waals surface area contributed by atoms with Crippen molar-refractivity contribution in [3.8, 4) is 5.75 Å². The maximum atomic E-state index is 12.1. The lowest BCUT2D eigenvalue weighted by Crippen LogP contribution is -2.31. The SMILES string of the molecule is CCCCNS(=O)(=O)c1ccc(OCC(=O)NC(C)c2ccc(Cl)cc2)cc1. The Kier molecular flexibility index (Phi) is 8.29. The van der Waals surface area contributed by atoms with Gasteiger partial charge < -0.3 is 10.1 Å². The fraction of sp³-hybridized carbons (Fsp3) is 0.350. The monoisotopic (exact) mass is 424 g/mol. The number of rotatable bonds is 10. The van der Waals surface area contributed by atoms with Crippen LogP contribution in [0, 0.1) is 0 Å². The van der Waals surface area contributed by atoms with Crippen LogP contribution in [0.25, 0.3) is 0 Å². The maximum Gasteiger partial charge on any atom is 0.258 e. The number of nitrogens with one attached hydrogen (secondary N) is 2. The first-order chi connectivity index (χ1) is 13.3. The summed E-state index contributed by atoms with van der Waals surface area (Å²) >= 11 is 5.86. The third-order valence-electron chi connectivity index (χ3n) is 4.07. The lowest BCUT2D eigenvalue weighted by molar-refractivity contribution is -0.123. The molecule has 1 atom stereocenters. The van der Waals surface area contributed by atoms with Gasteiger partial charge in [0.05, 0.1) is 10.9 Å². The first-order valence-corrected chi connectivity index (χ1v) is 11.0. The third-order valence-corrected chi connectivity index (χ3v) is 5.80. The van der Waals surface area contributed by atoms with Gasteiger partial charge in [-0.25, -0.2) is 13.1 Å². The van der Waals surface area contributed by atoms with Crippen molar-refractivity contribution in [3.63, 3.8) is 0 Å². The van der Waals surface area contributed by atoms with Crippen LogP contribution in [0.1, 0.15) is 38.3 Å². The minimum absolute atomic E-state index is 0.164. The van der Waals surface area contributed by atoms with Crippen molar-refractivity contribution in [1.29, 1.82) is 0 Å². The minimum Gasteiger partial charge on any atom is -0.484 e. The number of unbranched alkanes of at least 4 members (excludes halogenated alkanes) is 1. The van der Waals surface area contributed by atoms with Crippen LogP contribution in [-0.2, 0) is 14.8 Å². The van der Waals surface area contributed by atoms with Crippen LogP contribution in [-0.4, -0.2) is 27.5 Å². The van der Waals surface area contributed by atoms with Gasteiger partial charge in [0, 0.05) is 11.6 Å². The molecule has 152 valence electrons. The van der Waals surface area contributed by atoms with Crippen LogP contribution in [0.4, 0.5) is 0 Å². The first kappa shape index (κ1) is 22.2. The molecule has 0 bridgehead atoms. The molecule has 2 rings (SSSR count). The highest BCUT2D eigenvalue weighted by atomic mass is 35.5. The lowest BCUT2D eigenvalue weighted by Gasteiger charge is -2.15. The summed E-state index contributed by atoms with van der Waals surface area (Å²) in [5.74, 6) is 0.141. The second kappa shape index (κ2) is 10.5. The maximum absolute atomic E-state index is 12.1. The van der Waals surface area contributed by atoms with Crippen molar-refractivity contribution in [2.75, 3.05) is 13.2 Å². The highest BCUT2D eigenvalue weighted by Gasteiger charge is 2.14. The second-order valence-electron chi connectivity index (χ2n) is 6.35. The Morgan fingerprint density at radius 3 is 2.36 bits per heavy atom. The van der Waals surface area contributed by atoms with Crippen LogP contribution < -0.4 is 14.8 Å². The van der Waals surface area contributed by atoms with E-state index in [-0.39, 0.29) is 23.5 Å². The number of amides is 1. The molecular weight excluding hydrogens is 400 g/mol. The third kappa shape index (κ3) is 6.82. The Balaban J connectivity index is 1.85. The molecule has 1 unspecified atom stereocenters. The second-order valence-corrected chi connectivity index (χ2v) is 8.56. The standard InChI is InChI=1S/C20H25ClN2O4S/c1-3-4-13-22-28(25,26)19-11-9-18(10-12-19)27-14-20(24)23-15(2)16-5-7-17(21)8-6-16/h5-12,15,22H,3-4,13-14H2,1-2H3,(H,23,24). The Bertz CT molecular complexity index is 868. The Hall–Kier alpha value is -2.09. The van der Waals surface area contributed by atoms with Gasteiger partial charge in [0.2, 0.25) is 10.0 Å². The van der Waals surface area contributed by atoms with Crippen molar-refractivity contribution in [2.45, 2.75) is 37.6 Å². The van der Waals surface area contributed by atoms with Crippen LogP contribution in [0.5, 0.6) is 5.75 Å². The lowest BCUT2D eigenvalue weighted by atomic mass is 10.1. The molecule has 0 heterocycles. The molecule has 0 aliphatic carbocycles. The molecule has 8 heteroatoms. The Labute approximate surface area is 171 Å². The average Bonchev–Trinajstić information content (AvgIpc) is 2.67. The summed E-state index contributed by atoms with van der Waals surface area (Å²) in [6.07, 6.45) is 1.69. The molecule has 0 saturated heterocycles. The van der Waals surface area contributed by atoms with Gasteiger partial charge in [-0.15, -0.1) is 0 Å². The predicted molar refractivity (Wildman–Crippen MR) is 110 cm³/mol. The number of carbonyl (C=O) groups excluding carboxylic acids is 1. The zero-order chi connectivity index (χ0) is 20.6. The first-order valence-electron chi connectivity index (χ1n) is 9.09. The minimum atomic E-state index is -3.52. The summed E-state index contributed by atoms with van der Waals surface area (Å²) in [6, 6.07) is 13.0. The van der Waals surface area contributed by atoms with E-state index in [0.29, 0.717) is 17.3 Å². The number of sulfonamides is 1. The molecule has 2 aromatic rings. The molecule has 6 nitrogen and oxygen atoms in total. The van der Waals surface area contributed by atoms with E-state index in [1.807, 2.05) is 26.0 Å². The van der Waals surface area contributed by atoms with Gasteiger partial charge in [-0.05, 0) is 55.3 Å². The van der Waals surface area contributed by atoms with Crippen molar-refractivity contribution < 1.29 is 17.9 Å². The van der Waals surface area contributed by atoms with Gasteiger partial charge in [0.1, 0.15) is 5.75 Å². The molecule has 1 amide bonds. The summed E-state index contributed by atoms with van der Waals surface area (Å²) in [4.78, 5) is 12.2. The average molecular weight is 425 g/mol. The molecule has 0 saturated carbocycles. The fourth-order valence-electron chi connectivity index (χ4n) is 2.45. The number of hydrogen-bond acceptors (Lipinski definition) is 4. The van der Waals surface area contributed by atoms with Crippen LogP contribution in [0.15, 0.2) is 53.4 Å². The van der Waals surface area contributed by atoms with Gasteiger partial charge in [-0.3, -0.25) is 4.79 Å². The normalized spacial score (nSPS) is 12.4. The summed E-state index contributed by atoms with van der Waals surface area (Å²) in [7, 11) is -3.52. The van der Waals surface area contributed by atoms with Gasteiger partial charge in [-0.2, -0.15) is 0 Å². The van der Waals surface area contributed by atoms with Crippen molar-refractivity contribution in [1.82, 2.24) is 10.0 Å². The van der Waals surface area contributed by atoms with Crippen LogP contribution in [0.2, 0.25) is 5.02 Å². The van der Waals surface area contributed by atoms with Gasteiger partial charge in [-0.1, -0.05) is 37.1 Å². The topological polar surface area (TPSA) is 84.5 Å². The van der Waals surface area contributed by atoms with Crippen molar-refractivity contribution >= 4 is 27.5 Å². The smallest absolute Gasteiger partial charge is 0.258 e. The van der Waals surface area contributed by atoms with E-state index in [1.54, 1.807) is 12.1 Å². The van der Waals surface area contributed by atoms with Crippen molar-refractivity contribution in [2.24, 2.45) is 0 Å². The molecule has 0 aliphatic rings. The van der Waals surface area contributed by atoms with E-state index >= 15 is 0 Å². The Morgan fingerprint density at radius 2 is 1.75 bits per heavy atom. The largest absolute Gasteiger partial charge is 0.484 e. The van der Waals surface area contributed by atoms with Crippen LogP contribution >= 0.6 is 11.6 Å². The van der Waals surface area contributed by atoms with Crippen LogP contribution in [0.3, 0.4) is 0 Å². The molecule has 0 fully saturated rings. The molecule has 2 aromatic carbocycles. The van der Waals surface area contributed by atoms with E-state index in [9.17, 15) is 13.2 Å². The van der Waals surface area contributed by atoms with E-state index in [4.69, 9.17) is 16.3 Å². The number of hydrogen-bond donors (Lipinski definition) is 2. The highest BCUT2D eigenvalue weighted by molar-refractivity contribution is 7.89. The van der Waals surface area contributed by atoms with Gasteiger partial charge in [0.15, 0.2) is 6.61 Å². The van der Waals surface area contributed by atoms with E-state index in [2.05, 4.69) is 10.0 Å². The van der Waals surface area contributed by atoms with Gasteiger partial charge >= 0.3 is 0 Å². The molecule has 0 aliphatic heterocycles. The highest BCUT2D eigenvalue weighted by Crippen LogP contribution is 2.17. The predicted octanol–water partition coefficient (Wildman–Crippen LogP) is 3.67. The molecule has 0 aromatic heterocycles. The number of halogens is 1. The number of ether oxygens (including phenoxy) is 1. The van der Waals surface area contributed by atoms with E-state index in [0.717, 1.165) is 18.4 Å². The molecule has 2 N–H and O–H groups in total. The number of benzene rings is 2. The van der Waals surface area contributed by atoms with Crippen molar-refractivity contribution in [3.05, 3.63) is 59.1 Å². The quantitative estimate of drug-likeness (QED) is 0.570. The zero-order valence-corrected chi connectivity index (χ0v) is 17.5. The van der Waals surface area contributed by atoms with Gasteiger partial charge in [0.25, 0.3) is 5.91 Å². The molecule has 0 spiro atoms. The summed E-state index contributed by atoms with van der Waals surface area (Å²) in [6.45, 7) is 4.10. The Morgan fingerprint density at radius 1 is 1.11 bits per heavy atom. The fourth-order valence-corrected chi connectivity index (χ4v) is 3.65. The zero-order valence-electron chi connectivity index (χ0n) is 15.9. The van der Waals surface area contributed by atoms with E-state index < -0.39 is 10.0 Å². The van der Waals surface area contributed by atoms with E-state index in [1.165, 1.54) is 24.3 Å². The summed E-state index contributed by atoms with van der Waals surface area (Å²) in [5.41, 5.74) is 0.933. The molecule has 28 heavy (non-hydrogen) atoms.